The number of benzene rings is 3. The van der Waals surface area contributed by atoms with Crippen molar-refractivity contribution in [1.82, 2.24) is 0 Å². The maximum atomic E-state index is 14.0. The third kappa shape index (κ3) is 6.52. The first kappa shape index (κ1) is 27.8. The van der Waals surface area contributed by atoms with Crippen molar-refractivity contribution in [2.75, 3.05) is 0 Å². The van der Waals surface area contributed by atoms with Crippen LogP contribution in [0, 0.1) is 29.1 Å². The first-order valence-corrected chi connectivity index (χ1v) is 17.1. The molecule has 4 rings (SSSR count). The van der Waals surface area contributed by atoms with Gasteiger partial charge in [-0.15, -0.1) is 0 Å². The van der Waals surface area contributed by atoms with Crippen LogP contribution in [0.4, 0.5) is 27.6 Å². The van der Waals surface area contributed by atoms with Gasteiger partial charge in [0.25, 0.3) is 0 Å². The van der Waals surface area contributed by atoms with Gasteiger partial charge in [-0.1, -0.05) is 49.6 Å². The fourth-order valence-electron chi connectivity index (χ4n) is 4.14. The number of rotatable bonds is 4. The zero-order chi connectivity index (χ0) is 25.5. The molecule has 0 aliphatic heterocycles. The number of nitrogens with zero attached hydrogens (tertiary/aromatic N) is 1. The zero-order valence-electron chi connectivity index (χ0n) is 18.3. The van der Waals surface area contributed by atoms with E-state index in [9.17, 15) is 27.1 Å². The number of phenolic OH excluding ortho intramolecular Hbond substituents is 1. The Morgan fingerprint density at radius 3 is 1.91 bits per heavy atom. The van der Waals surface area contributed by atoms with Crippen LogP contribution in [0.3, 0.4) is 0 Å². The Labute approximate surface area is 218 Å². The Bertz CT molecular complexity index is 1180. The summed E-state index contributed by atoms with van der Waals surface area (Å²) in [7, 11) is 9.87. The van der Waals surface area contributed by atoms with Crippen molar-refractivity contribution in [3.05, 3.63) is 82.7 Å². The fourth-order valence-corrected chi connectivity index (χ4v) is 4.14. The second kappa shape index (κ2) is 13.0. The van der Waals surface area contributed by atoms with Gasteiger partial charge in [0.2, 0.25) is 5.82 Å². The predicted molar refractivity (Wildman–Crippen MR) is 125 cm³/mol. The molecule has 3 aromatic carbocycles. The topological polar surface area (TPSA) is 32.6 Å². The summed E-state index contributed by atoms with van der Waals surface area (Å²) in [5.74, 6) is -10.4. The Morgan fingerprint density at radius 2 is 1.34 bits per heavy atom. The van der Waals surface area contributed by atoms with Crippen molar-refractivity contribution in [2.45, 2.75) is 38.0 Å². The van der Waals surface area contributed by atoms with Crippen LogP contribution in [0.5, 0.6) is 5.75 Å². The first-order chi connectivity index (χ1) is 16.8. The van der Waals surface area contributed by atoms with Crippen molar-refractivity contribution >= 4 is 28.9 Å². The average molecular weight is 608 g/mol. The molecule has 0 spiro atoms. The normalized spacial score (nSPS) is 14.0. The molecule has 0 aromatic heterocycles. The minimum absolute atomic E-state index is 0.105. The number of aliphatic imine (C=N–C) groups is 1. The van der Waals surface area contributed by atoms with Gasteiger partial charge in [0.15, 0.2) is 23.3 Å². The van der Waals surface area contributed by atoms with Gasteiger partial charge in [0.05, 0.1) is 0 Å². The second-order valence-electron chi connectivity index (χ2n) is 7.95. The van der Waals surface area contributed by atoms with Gasteiger partial charge in [-0.2, -0.15) is 0 Å². The van der Waals surface area contributed by atoms with Gasteiger partial charge in [0, 0.05) is 11.8 Å². The molecular formula is C25H20Cl2F5NOZr. The molecule has 184 valence electrons. The standard InChI is InChI=1S/C25H20F5NO.2ClH.Zr/c26-19-20(27)22(29)24(23(30)21(19)28)31-13-17-11-16(14-7-3-1-4-8-14)12-18(25(17)32)15-9-5-2-6-10-15;;;/h1,3-4,7-8,11-13,15,32H,2,5-6,9-10H2;2*1H;/q;;;+2/p-2. The van der Waals surface area contributed by atoms with E-state index < -0.39 is 55.6 Å². The average Bonchev–Trinajstić information content (AvgIpc) is 2.88. The van der Waals surface area contributed by atoms with E-state index in [-0.39, 0.29) is 17.2 Å². The zero-order valence-corrected chi connectivity index (χ0v) is 22.2. The summed E-state index contributed by atoms with van der Waals surface area (Å²) < 4.78 is 68.4. The van der Waals surface area contributed by atoms with Crippen LogP contribution in [-0.4, -0.2) is 11.3 Å². The third-order valence-electron chi connectivity index (χ3n) is 5.84. The van der Waals surface area contributed by atoms with Gasteiger partial charge in [0.1, 0.15) is 11.4 Å². The monoisotopic (exact) mass is 605 g/mol. The van der Waals surface area contributed by atoms with Crippen molar-refractivity contribution in [1.29, 1.82) is 0 Å². The molecule has 2 nitrogen and oxygen atoms in total. The Balaban J connectivity index is 0.00000108. The number of halogens is 7. The molecule has 0 radical (unpaired) electrons. The van der Waals surface area contributed by atoms with Crippen molar-refractivity contribution in [3.63, 3.8) is 0 Å². The SMILES string of the molecule is Oc1c(C=Nc2c(F)c(F)c(F)c(F)c2F)cc(-c2ccccc2)cc1C1CCCCC1.[Cl][Zr][Cl]. The molecule has 1 N–H and O–H groups in total. The van der Waals surface area contributed by atoms with Crippen LogP contribution >= 0.6 is 17.0 Å². The number of phenols is 1. The summed E-state index contributed by atoms with van der Waals surface area (Å²) in [5, 5.41) is 10.9. The van der Waals surface area contributed by atoms with Gasteiger partial charge < -0.3 is 5.11 Å². The number of hydrogen-bond donors (Lipinski definition) is 1. The van der Waals surface area contributed by atoms with Crippen molar-refractivity contribution in [2.24, 2.45) is 4.99 Å². The van der Waals surface area contributed by atoms with Crippen LogP contribution in [0.1, 0.15) is 49.1 Å². The van der Waals surface area contributed by atoms with Crippen LogP contribution in [-0.2, 0) is 20.8 Å². The summed E-state index contributed by atoms with van der Waals surface area (Å²) in [4.78, 5) is 3.54. The molecule has 0 saturated heterocycles. The van der Waals surface area contributed by atoms with Crippen LogP contribution < -0.4 is 0 Å². The Hall–Kier alpha value is -1.76. The van der Waals surface area contributed by atoms with Crippen molar-refractivity contribution < 1.29 is 47.9 Å². The first-order valence-electron chi connectivity index (χ1n) is 10.7. The summed E-state index contributed by atoms with van der Waals surface area (Å²) in [6, 6.07) is 12.8. The summed E-state index contributed by atoms with van der Waals surface area (Å²) >= 11 is -0.826. The molecule has 0 atom stereocenters. The van der Waals surface area contributed by atoms with E-state index in [0.717, 1.165) is 49.4 Å². The minimum atomic E-state index is -2.24. The van der Waals surface area contributed by atoms with E-state index in [4.69, 9.17) is 17.0 Å². The van der Waals surface area contributed by atoms with E-state index >= 15 is 0 Å². The van der Waals surface area contributed by atoms with Crippen LogP contribution in [0.2, 0.25) is 0 Å². The molecule has 10 heteroatoms. The Kier molecular flexibility index (Phi) is 10.3. The molecule has 35 heavy (non-hydrogen) atoms. The molecule has 0 bridgehead atoms. The van der Waals surface area contributed by atoms with E-state index in [1.165, 1.54) is 0 Å². The molecule has 1 fully saturated rings. The van der Waals surface area contributed by atoms with E-state index in [0.29, 0.717) is 5.56 Å². The summed E-state index contributed by atoms with van der Waals surface area (Å²) in [5.41, 5.74) is 1.13. The summed E-state index contributed by atoms with van der Waals surface area (Å²) in [6.45, 7) is 0. The van der Waals surface area contributed by atoms with Gasteiger partial charge in [-0.3, -0.25) is 0 Å². The Morgan fingerprint density at radius 1 is 0.800 bits per heavy atom. The van der Waals surface area contributed by atoms with Crippen molar-refractivity contribution in [3.8, 4) is 16.9 Å². The number of aromatic hydroxyl groups is 1. The van der Waals surface area contributed by atoms with Gasteiger partial charge in [-0.25, -0.2) is 26.9 Å². The van der Waals surface area contributed by atoms with E-state index in [2.05, 4.69) is 4.99 Å². The molecule has 0 amide bonds. The molecule has 1 aliphatic rings. The quantitative estimate of drug-likeness (QED) is 0.137. The predicted octanol–water partition coefficient (Wildman–Crippen LogP) is 8.93. The number of hydrogen-bond acceptors (Lipinski definition) is 2. The van der Waals surface area contributed by atoms with E-state index in [1.54, 1.807) is 6.07 Å². The summed E-state index contributed by atoms with van der Waals surface area (Å²) in [6.07, 6.45) is 5.87. The molecule has 3 aromatic rings. The van der Waals surface area contributed by atoms with E-state index in [1.807, 2.05) is 36.4 Å². The molecule has 0 unspecified atom stereocenters. The molecule has 1 saturated carbocycles. The van der Waals surface area contributed by atoms with Crippen LogP contribution in [0.15, 0.2) is 47.5 Å². The fraction of sp³-hybridized carbons (Fsp3) is 0.240. The molecule has 0 heterocycles. The van der Waals surface area contributed by atoms with Gasteiger partial charge in [-0.05, 0) is 47.6 Å². The molecular weight excluding hydrogens is 587 g/mol. The molecule has 1 aliphatic carbocycles. The second-order valence-corrected chi connectivity index (χ2v) is 11.7. The third-order valence-corrected chi connectivity index (χ3v) is 5.84. The maximum absolute atomic E-state index is 14.0. The van der Waals surface area contributed by atoms with Gasteiger partial charge >= 0.3 is 37.9 Å². The van der Waals surface area contributed by atoms with Crippen LogP contribution in [0.25, 0.3) is 11.1 Å².